The highest BCUT2D eigenvalue weighted by atomic mass is 16.5. The molecule has 0 radical (unpaired) electrons. The molecule has 6 heteroatoms. The number of methoxy groups -OCH3 is 2. The highest BCUT2D eigenvalue weighted by molar-refractivity contribution is 5.79. The van der Waals surface area contributed by atoms with Crippen molar-refractivity contribution in [1.29, 1.82) is 0 Å². The molecule has 0 aromatic heterocycles. The van der Waals surface area contributed by atoms with Gasteiger partial charge in [0.15, 0.2) is 11.5 Å². The topological polar surface area (TPSA) is 45.2 Å². The molecule has 0 spiro atoms. The SMILES string of the molecule is COc1ccc(CN2C[C@@H](CN3CCCC3)C[C@@H](C(=O)N3CCCCC3)C2)cc1OC. The standard InChI is InChI=1S/C25H39N3O3/c1-30-23-9-8-20(15-24(23)31-2)16-27-18-21(17-26-10-6-7-11-26)14-22(19-27)25(29)28-12-4-3-5-13-28/h8-9,15,21-22H,3-7,10-14,16-19H2,1-2H3/t21-,22-/m1/s1. The predicted molar refractivity (Wildman–Crippen MR) is 123 cm³/mol. The molecule has 1 aromatic rings. The van der Waals surface area contributed by atoms with E-state index in [1.807, 2.05) is 6.07 Å². The van der Waals surface area contributed by atoms with Crippen LogP contribution in [0.3, 0.4) is 0 Å². The summed E-state index contributed by atoms with van der Waals surface area (Å²) in [7, 11) is 3.35. The quantitative estimate of drug-likeness (QED) is 0.666. The Hall–Kier alpha value is -1.79. The first-order valence-corrected chi connectivity index (χ1v) is 12.1. The number of rotatable bonds is 7. The van der Waals surface area contributed by atoms with Crippen LogP contribution in [-0.2, 0) is 11.3 Å². The highest BCUT2D eigenvalue weighted by Gasteiger charge is 2.35. The van der Waals surface area contributed by atoms with Crippen LogP contribution in [0.5, 0.6) is 11.5 Å². The van der Waals surface area contributed by atoms with E-state index in [2.05, 4.69) is 26.8 Å². The van der Waals surface area contributed by atoms with Crippen LogP contribution in [-0.4, -0.2) is 80.6 Å². The first-order chi connectivity index (χ1) is 15.2. The number of likely N-dealkylation sites (tertiary alicyclic amines) is 3. The minimum atomic E-state index is 0.125. The van der Waals surface area contributed by atoms with Crippen molar-refractivity contribution < 1.29 is 14.3 Å². The van der Waals surface area contributed by atoms with Gasteiger partial charge < -0.3 is 19.3 Å². The van der Waals surface area contributed by atoms with Crippen molar-refractivity contribution in [2.24, 2.45) is 11.8 Å². The molecule has 0 bridgehead atoms. The Morgan fingerprint density at radius 1 is 0.903 bits per heavy atom. The summed E-state index contributed by atoms with van der Waals surface area (Å²) < 4.78 is 10.9. The molecule has 0 N–H and O–H groups in total. The molecular weight excluding hydrogens is 390 g/mol. The Bertz CT molecular complexity index is 729. The third-order valence-corrected chi connectivity index (χ3v) is 7.20. The van der Waals surface area contributed by atoms with Gasteiger partial charge in [0.2, 0.25) is 5.91 Å². The molecule has 0 saturated carbocycles. The normalized spacial score (nSPS) is 25.5. The first-order valence-electron chi connectivity index (χ1n) is 12.1. The number of piperidine rings is 2. The van der Waals surface area contributed by atoms with Crippen molar-refractivity contribution in [3.8, 4) is 11.5 Å². The monoisotopic (exact) mass is 429 g/mol. The van der Waals surface area contributed by atoms with Gasteiger partial charge in [0, 0.05) is 39.3 Å². The molecule has 3 aliphatic heterocycles. The van der Waals surface area contributed by atoms with Crippen LogP contribution >= 0.6 is 0 Å². The molecule has 0 aliphatic carbocycles. The Morgan fingerprint density at radius 2 is 1.61 bits per heavy atom. The summed E-state index contributed by atoms with van der Waals surface area (Å²) in [6.07, 6.45) is 7.25. The molecule has 3 heterocycles. The van der Waals surface area contributed by atoms with Crippen LogP contribution in [0, 0.1) is 11.8 Å². The van der Waals surface area contributed by atoms with Gasteiger partial charge in [0.25, 0.3) is 0 Å². The number of ether oxygens (including phenoxy) is 2. The zero-order chi connectivity index (χ0) is 21.6. The molecule has 6 nitrogen and oxygen atoms in total. The molecule has 2 atom stereocenters. The number of carbonyl (C=O) groups is 1. The van der Waals surface area contributed by atoms with Gasteiger partial charge in [-0.15, -0.1) is 0 Å². The molecule has 3 saturated heterocycles. The van der Waals surface area contributed by atoms with Crippen molar-refractivity contribution in [1.82, 2.24) is 14.7 Å². The maximum Gasteiger partial charge on any atom is 0.226 e. The summed E-state index contributed by atoms with van der Waals surface area (Å²) in [6, 6.07) is 6.17. The Labute approximate surface area is 187 Å². The molecule has 1 amide bonds. The molecule has 1 aromatic carbocycles. The second-order valence-corrected chi connectivity index (χ2v) is 9.58. The molecule has 3 aliphatic rings. The van der Waals surface area contributed by atoms with Crippen molar-refractivity contribution in [2.75, 3.05) is 60.0 Å². The second kappa shape index (κ2) is 10.7. The second-order valence-electron chi connectivity index (χ2n) is 9.58. The van der Waals surface area contributed by atoms with E-state index >= 15 is 0 Å². The van der Waals surface area contributed by atoms with E-state index in [9.17, 15) is 4.79 Å². The van der Waals surface area contributed by atoms with Crippen LogP contribution in [0.4, 0.5) is 0 Å². The third kappa shape index (κ3) is 5.72. The molecule has 0 unspecified atom stereocenters. The van der Waals surface area contributed by atoms with Crippen LogP contribution in [0.2, 0.25) is 0 Å². The Balaban J connectivity index is 1.46. The van der Waals surface area contributed by atoms with Gasteiger partial charge in [-0.3, -0.25) is 9.69 Å². The van der Waals surface area contributed by atoms with E-state index in [-0.39, 0.29) is 5.92 Å². The first kappa shape index (κ1) is 22.4. The Kier molecular flexibility index (Phi) is 7.72. The van der Waals surface area contributed by atoms with Crippen molar-refractivity contribution in [2.45, 2.75) is 45.1 Å². The largest absolute Gasteiger partial charge is 0.493 e. The van der Waals surface area contributed by atoms with E-state index in [0.29, 0.717) is 11.8 Å². The summed E-state index contributed by atoms with van der Waals surface area (Å²) in [6.45, 7) is 8.24. The molecule has 3 fully saturated rings. The van der Waals surface area contributed by atoms with Crippen LogP contribution < -0.4 is 9.47 Å². The summed E-state index contributed by atoms with van der Waals surface area (Å²) in [5.74, 6) is 2.61. The van der Waals surface area contributed by atoms with Gasteiger partial charge in [-0.05, 0) is 75.2 Å². The van der Waals surface area contributed by atoms with Gasteiger partial charge >= 0.3 is 0 Å². The average Bonchev–Trinajstić information content (AvgIpc) is 3.32. The van der Waals surface area contributed by atoms with Gasteiger partial charge in [0.05, 0.1) is 20.1 Å². The smallest absolute Gasteiger partial charge is 0.226 e. The number of carbonyl (C=O) groups excluding carboxylic acids is 1. The number of nitrogens with zero attached hydrogens (tertiary/aromatic N) is 3. The maximum atomic E-state index is 13.4. The summed E-state index contributed by atoms with van der Waals surface area (Å²) in [5.41, 5.74) is 1.21. The minimum Gasteiger partial charge on any atom is -0.493 e. The summed E-state index contributed by atoms with van der Waals surface area (Å²) in [4.78, 5) is 20.6. The van der Waals surface area contributed by atoms with E-state index in [1.54, 1.807) is 14.2 Å². The lowest BCUT2D eigenvalue weighted by molar-refractivity contribution is -0.139. The number of benzene rings is 1. The highest BCUT2D eigenvalue weighted by Crippen LogP contribution is 2.31. The fourth-order valence-electron chi connectivity index (χ4n) is 5.68. The third-order valence-electron chi connectivity index (χ3n) is 7.20. The summed E-state index contributed by atoms with van der Waals surface area (Å²) in [5, 5.41) is 0. The number of hydrogen-bond donors (Lipinski definition) is 0. The zero-order valence-electron chi connectivity index (χ0n) is 19.4. The van der Waals surface area contributed by atoms with Gasteiger partial charge in [-0.1, -0.05) is 6.07 Å². The van der Waals surface area contributed by atoms with E-state index in [4.69, 9.17) is 9.47 Å². The van der Waals surface area contributed by atoms with Crippen LogP contribution in [0.25, 0.3) is 0 Å². The van der Waals surface area contributed by atoms with E-state index in [0.717, 1.165) is 70.0 Å². The van der Waals surface area contributed by atoms with E-state index < -0.39 is 0 Å². The average molecular weight is 430 g/mol. The number of hydrogen-bond acceptors (Lipinski definition) is 5. The molecule has 31 heavy (non-hydrogen) atoms. The van der Waals surface area contributed by atoms with Crippen LogP contribution in [0.1, 0.15) is 44.1 Å². The maximum absolute atomic E-state index is 13.4. The summed E-state index contributed by atoms with van der Waals surface area (Å²) >= 11 is 0. The van der Waals surface area contributed by atoms with Crippen molar-refractivity contribution in [3.63, 3.8) is 0 Å². The van der Waals surface area contributed by atoms with Crippen LogP contribution in [0.15, 0.2) is 18.2 Å². The molecule has 172 valence electrons. The lowest BCUT2D eigenvalue weighted by atomic mass is 9.87. The fraction of sp³-hybridized carbons (Fsp3) is 0.720. The lowest BCUT2D eigenvalue weighted by Crippen LogP contribution is -2.50. The van der Waals surface area contributed by atoms with Gasteiger partial charge in [-0.2, -0.15) is 0 Å². The van der Waals surface area contributed by atoms with E-state index in [1.165, 1.54) is 37.9 Å². The van der Waals surface area contributed by atoms with Crippen molar-refractivity contribution in [3.05, 3.63) is 23.8 Å². The van der Waals surface area contributed by atoms with Gasteiger partial charge in [-0.25, -0.2) is 0 Å². The lowest BCUT2D eigenvalue weighted by Gasteiger charge is -2.41. The zero-order valence-corrected chi connectivity index (χ0v) is 19.4. The molecule has 4 rings (SSSR count). The van der Waals surface area contributed by atoms with Crippen molar-refractivity contribution >= 4 is 5.91 Å². The predicted octanol–water partition coefficient (Wildman–Crippen LogP) is 3.25. The number of amides is 1. The molecular formula is C25H39N3O3. The minimum absolute atomic E-state index is 0.125. The Morgan fingerprint density at radius 3 is 2.32 bits per heavy atom. The fourth-order valence-corrected chi connectivity index (χ4v) is 5.68. The van der Waals surface area contributed by atoms with Gasteiger partial charge in [0.1, 0.15) is 0 Å².